The van der Waals surface area contributed by atoms with Crippen LogP contribution in [0.5, 0.6) is 0 Å². The molecule has 15 heavy (non-hydrogen) atoms. The van der Waals surface area contributed by atoms with Crippen molar-refractivity contribution in [1.29, 1.82) is 0 Å². The number of halogens is 1. The number of aryl methyl sites for hydroxylation is 1. The fourth-order valence-electron chi connectivity index (χ4n) is 1.92. The summed E-state index contributed by atoms with van der Waals surface area (Å²) < 4.78 is 6.42. The summed E-state index contributed by atoms with van der Waals surface area (Å²) in [6, 6.07) is 2.03. The fraction of sp³-hybridized carbons (Fsp3) is 0.636. The van der Waals surface area contributed by atoms with E-state index in [9.17, 15) is 0 Å². The molecule has 84 valence electrons. The number of nitrogens with zero attached hydrogens (tertiary/aromatic N) is 1. The number of rotatable bonds is 3. The minimum absolute atomic E-state index is 0.843. The molecule has 0 unspecified atom stereocenters. The van der Waals surface area contributed by atoms with Gasteiger partial charge >= 0.3 is 0 Å². The van der Waals surface area contributed by atoms with Gasteiger partial charge in [0.05, 0.1) is 0 Å². The SMILES string of the molecule is Cc1cc(Br)oc1CCN1CCNCC1. The van der Waals surface area contributed by atoms with E-state index in [1.54, 1.807) is 0 Å². The topological polar surface area (TPSA) is 28.4 Å². The largest absolute Gasteiger partial charge is 0.454 e. The van der Waals surface area contributed by atoms with E-state index in [1.165, 1.54) is 5.56 Å². The first kappa shape index (κ1) is 11.2. The van der Waals surface area contributed by atoms with Gasteiger partial charge in [-0.05, 0) is 34.5 Å². The monoisotopic (exact) mass is 272 g/mol. The Morgan fingerprint density at radius 3 is 2.80 bits per heavy atom. The van der Waals surface area contributed by atoms with Crippen LogP contribution in [0.2, 0.25) is 0 Å². The molecule has 0 bridgehead atoms. The van der Waals surface area contributed by atoms with Crippen molar-refractivity contribution in [3.63, 3.8) is 0 Å². The molecule has 1 saturated heterocycles. The summed E-state index contributed by atoms with van der Waals surface area (Å²) in [4.78, 5) is 2.48. The molecule has 0 amide bonds. The average Bonchev–Trinajstić information content (AvgIpc) is 2.56. The summed E-state index contributed by atoms with van der Waals surface area (Å²) >= 11 is 3.36. The zero-order valence-electron chi connectivity index (χ0n) is 9.05. The lowest BCUT2D eigenvalue weighted by Crippen LogP contribution is -2.44. The molecule has 2 rings (SSSR count). The highest BCUT2D eigenvalue weighted by atomic mass is 79.9. The van der Waals surface area contributed by atoms with Crippen molar-refractivity contribution < 1.29 is 4.42 Å². The third-order valence-corrected chi connectivity index (χ3v) is 3.25. The van der Waals surface area contributed by atoms with E-state index in [-0.39, 0.29) is 0 Å². The highest BCUT2D eigenvalue weighted by molar-refractivity contribution is 9.10. The average molecular weight is 273 g/mol. The Balaban J connectivity index is 1.84. The summed E-state index contributed by atoms with van der Waals surface area (Å²) in [6.45, 7) is 7.73. The van der Waals surface area contributed by atoms with Gasteiger partial charge in [0.15, 0.2) is 4.67 Å². The van der Waals surface area contributed by atoms with Gasteiger partial charge in [-0.3, -0.25) is 0 Å². The molecular weight excluding hydrogens is 256 g/mol. The molecule has 1 aromatic rings. The molecular formula is C11H17BrN2O. The van der Waals surface area contributed by atoms with Gasteiger partial charge in [-0.15, -0.1) is 0 Å². The number of hydrogen-bond acceptors (Lipinski definition) is 3. The van der Waals surface area contributed by atoms with Gasteiger partial charge in [-0.25, -0.2) is 0 Å². The van der Waals surface area contributed by atoms with Gasteiger partial charge in [0.2, 0.25) is 0 Å². The Hall–Kier alpha value is -0.320. The molecule has 1 N–H and O–H groups in total. The van der Waals surface area contributed by atoms with Gasteiger partial charge in [0.1, 0.15) is 5.76 Å². The van der Waals surface area contributed by atoms with Crippen LogP contribution in [0.15, 0.2) is 15.2 Å². The Bertz CT molecular complexity index is 318. The molecule has 4 heteroatoms. The smallest absolute Gasteiger partial charge is 0.169 e. The van der Waals surface area contributed by atoms with Crippen LogP contribution in [0.3, 0.4) is 0 Å². The van der Waals surface area contributed by atoms with Crippen LogP contribution in [-0.2, 0) is 6.42 Å². The van der Waals surface area contributed by atoms with Crippen LogP contribution in [0.25, 0.3) is 0 Å². The van der Waals surface area contributed by atoms with Crippen molar-refractivity contribution in [2.45, 2.75) is 13.3 Å². The molecule has 1 fully saturated rings. The van der Waals surface area contributed by atoms with Crippen LogP contribution < -0.4 is 5.32 Å². The second-order valence-electron chi connectivity index (χ2n) is 4.00. The predicted molar refractivity (Wildman–Crippen MR) is 64.2 cm³/mol. The third kappa shape index (κ3) is 3.06. The Kier molecular flexibility index (Phi) is 3.83. The molecule has 1 aliphatic rings. The van der Waals surface area contributed by atoms with E-state index >= 15 is 0 Å². The lowest BCUT2D eigenvalue weighted by atomic mass is 10.2. The van der Waals surface area contributed by atoms with Gasteiger partial charge < -0.3 is 14.6 Å². The van der Waals surface area contributed by atoms with Crippen LogP contribution in [0.1, 0.15) is 11.3 Å². The summed E-state index contributed by atoms with van der Waals surface area (Å²) in [6.07, 6.45) is 1.01. The van der Waals surface area contributed by atoms with Gasteiger partial charge in [0.25, 0.3) is 0 Å². The van der Waals surface area contributed by atoms with Gasteiger partial charge in [0, 0.05) is 39.1 Å². The first-order chi connectivity index (χ1) is 7.25. The van der Waals surface area contributed by atoms with Gasteiger partial charge in [-0.1, -0.05) is 0 Å². The molecule has 0 aromatic carbocycles. The van der Waals surface area contributed by atoms with Gasteiger partial charge in [-0.2, -0.15) is 0 Å². The number of hydrogen-bond donors (Lipinski definition) is 1. The van der Waals surface area contributed by atoms with E-state index in [4.69, 9.17) is 4.42 Å². The Morgan fingerprint density at radius 1 is 1.47 bits per heavy atom. The van der Waals surface area contributed by atoms with Crippen molar-refractivity contribution in [2.24, 2.45) is 0 Å². The predicted octanol–water partition coefficient (Wildman–Crippen LogP) is 1.80. The van der Waals surface area contributed by atoms with Crippen LogP contribution in [-0.4, -0.2) is 37.6 Å². The maximum Gasteiger partial charge on any atom is 0.169 e. The standard InChI is InChI=1S/C11H17BrN2O/c1-9-8-11(12)15-10(9)2-5-14-6-3-13-4-7-14/h8,13H,2-7H2,1H3. The zero-order valence-corrected chi connectivity index (χ0v) is 10.6. The van der Waals surface area contributed by atoms with Crippen molar-refractivity contribution in [2.75, 3.05) is 32.7 Å². The summed E-state index contributed by atoms with van der Waals surface area (Å²) in [5, 5.41) is 3.36. The van der Waals surface area contributed by atoms with Crippen molar-refractivity contribution in [3.8, 4) is 0 Å². The van der Waals surface area contributed by atoms with Crippen LogP contribution in [0.4, 0.5) is 0 Å². The lowest BCUT2D eigenvalue weighted by Gasteiger charge is -2.26. The molecule has 0 saturated carbocycles. The summed E-state index contributed by atoms with van der Waals surface area (Å²) in [7, 11) is 0. The van der Waals surface area contributed by atoms with E-state index in [1.807, 2.05) is 6.07 Å². The minimum Gasteiger partial charge on any atom is -0.454 e. The maximum atomic E-state index is 5.58. The fourth-order valence-corrected chi connectivity index (χ4v) is 2.46. The highest BCUT2D eigenvalue weighted by Gasteiger charge is 2.11. The molecule has 2 heterocycles. The Morgan fingerprint density at radius 2 is 2.20 bits per heavy atom. The number of furan rings is 1. The molecule has 1 aromatic heterocycles. The molecule has 0 spiro atoms. The number of nitrogens with one attached hydrogen (secondary N) is 1. The van der Waals surface area contributed by atoms with E-state index in [0.717, 1.165) is 49.6 Å². The molecule has 0 radical (unpaired) electrons. The molecule has 0 aliphatic carbocycles. The third-order valence-electron chi connectivity index (χ3n) is 2.86. The maximum absolute atomic E-state index is 5.58. The van der Waals surface area contributed by atoms with E-state index in [2.05, 4.69) is 33.1 Å². The molecule has 3 nitrogen and oxygen atoms in total. The first-order valence-corrected chi connectivity index (χ1v) is 6.23. The Labute approximate surface area is 99.0 Å². The number of piperazine rings is 1. The quantitative estimate of drug-likeness (QED) is 0.910. The highest BCUT2D eigenvalue weighted by Crippen LogP contribution is 2.20. The van der Waals surface area contributed by atoms with Crippen molar-refractivity contribution in [1.82, 2.24) is 10.2 Å². The van der Waals surface area contributed by atoms with E-state index < -0.39 is 0 Å². The summed E-state index contributed by atoms with van der Waals surface area (Å²) in [5.41, 5.74) is 1.25. The normalized spacial score (nSPS) is 18.3. The van der Waals surface area contributed by atoms with Crippen molar-refractivity contribution in [3.05, 3.63) is 22.1 Å². The van der Waals surface area contributed by atoms with Crippen LogP contribution in [0, 0.1) is 6.92 Å². The minimum atomic E-state index is 0.843. The lowest BCUT2D eigenvalue weighted by molar-refractivity contribution is 0.238. The molecule has 0 atom stereocenters. The second-order valence-corrected chi connectivity index (χ2v) is 4.78. The van der Waals surface area contributed by atoms with E-state index in [0.29, 0.717) is 0 Å². The molecule has 1 aliphatic heterocycles. The zero-order chi connectivity index (χ0) is 10.7. The van der Waals surface area contributed by atoms with Crippen molar-refractivity contribution >= 4 is 15.9 Å². The van der Waals surface area contributed by atoms with Crippen LogP contribution >= 0.6 is 15.9 Å². The second kappa shape index (κ2) is 5.14. The summed E-state index contributed by atoms with van der Waals surface area (Å²) in [5.74, 6) is 1.11. The first-order valence-electron chi connectivity index (χ1n) is 5.43.